The van der Waals surface area contributed by atoms with Crippen LogP contribution in [0.2, 0.25) is 0 Å². The van der Waals surface area contributed by atoms with E-state index >= 15 is 0 Å². The summed E-state index contributed by atoms with van der Waals surface area (Å²) in [5, 5.41) is 15.6. The summed E-state index contributed by atoms with van der Waals surface area (Å²) in [7, 11) is 1.56. The van der Waals surface area contributed by atoms with Gasteiger partial charge >= 0.3 is 5.97 Å². The molecular weight excluding hydrogens is 232 g/mol. The molecule has 0 aliphatic heterocycles. The zero-order valence-corrected chi connectivity index (χ0v) is 10.4. The third-order valence-corrected chi connectivity index (χ3v) is 2.95. The van der Waals surface area contributed by atoms with Gasteiger partial charge in [-0.25, -0.2) is 4.79 Å². The summed E-state index contributed by atoms with van der Waals surface area (Å²) in [6.07, 6.45) is 1.30. The molecule has 0 bridgehead atoms. The fourth-order valence-corrected chi connectivity index (χ4v) is 1.81. The molecule has 0 fully saturated rings. The number of rotatable bonds is 3. The molecule has 0 saturated heterocycles. The summed E-state index contributed by atoms with van der Waals surface area (Å²) in [5.41, 5.74) is 3.46. The molecule has 0 amide bonds. The number of aromatic amines is 1. The average Bonchev–Trinajstić information content (AvgIpc) is 2.81. The van der Waals surface area contributed by atoms with E-state index in [1.165, 1.54) is 6.20 Å². The Hall–Kier alpha value is -2.30. The Bertz CT molecular complexity index is 602. The van der Waals surface area contributed by atoms with Crippen LogP contribution in [0.25, 0.3) is 11.3 Å². The van der Waals surface area contributed by atoms with Gasteiger partial charge in [0.15, 0.2) is 0 Å². The third kappa shape index (κ3) is 1.95. The minimum absolute atomic E-state index is 0.136. The second-order valence-electron chi connectivity index (χ2n) is 4.10. The van der Waals surface area contributed by atoms with Crippen LogP contribution in [0.1, 0.15) is 21.5 Å². The number of benzene rings is 1. The van der Waals surface area contributed by atoms with Crippen LogP contribution in [0.5, 0.6) is 5.75 Å². The molecular formula is C13H14N2O3. The van der Waals surface area contributed by atoms with E-state index in [0.29, 0.717) is 17.0 Å². The van der Waals surface area contributed by atoms with Crippen LogP contribution in [0.15, 0.2) is 18.3 Å². The lowest BCUT2D eigenvalue weighted by Crippen LogP contribution is -1.99. The summed E-state index contributed by atoms with van der Waals surface area (Å²) in [5.74, 6) is -0.385. The van der Waals surface area contributed by atoms with Crippen molar-refractivity contribution in [2.24, 2.45) is 0 Å². The highest BCUT2D eigenvalue weighted by molar-refractivity contribution is 5.95. The van der Waals surface area contributed by atoms with E-state index in [2.05, 4.69) is 10.2 Å². The minimum Gasteiger partial charge on any atom is -0.496 e. The van der Waals surface area contributed by atoms with E-state index in [9.17, 15) is 4.79 Å². The lowest BCUT2D eigenvalue weighted by Gasteiger charge is -2.11. The van der Waals surface area contributed by atoms with Gasteiger partial charge in [-0.2, -0.15) is 5.10 Å². The highest BCUT2D eigenvalue weighted by Gasteiger charge is 2.18. The van der Waals surface area contributed by atoms with E-state index in [-0.39, 0.29) is 5.56 Å². The van der Waals surface area contributed by atoms with Crippen molar-refractivity contribution in [1.29, 1.82) is 0 Å². The van der Waals surface area contributed by atoms with Gasteiger partial charge < -0.3 is 9.84 Å². The van der Waals surface area contributed by atoms with E-state index in [4.69, 9.17) is 9.84 Å². The first-order valence-corrected chi connectivity index (χ1v) is 5.47. The first-order chi connectivity index (χ1) is 8.54. The fraction of sp³-hybridized carbons (Fsp3) is 0.231. The zero-order chi connectivity index (χ0) is 13.3. The Labute approximate surface area is 104 Å². The standard InChI is InChI=1S/C13H14N2O3/c1-7-4-9(11(18-3)5-8(7)2)12-10(13(16)17)6-14-15-12/h4-6H,1-3H3,(H,14,15)(H,16,17). The van der Waals surface area contributed by atoms with E-state index in [1.54, 1.807) is 7.11 Å². The summed E-state index contributed by atoms with van der Waals surface area (Å²) in [6.45, 7) is 3.95. The number of nitrogens with one attached hydrogen (secondary N) is 1. The maximum atomic E-state index is 11.1. The SMILES string of the molecule is COc1cc(C)c(C)cc1-c1[nH]ncc1C(=O)O. The Kier molecular flexibility index (Phi) is 3.06. The zero-order valence-electron chi connectivity index (χ0n) is 10.4. The topological polar surface area (TPSA) is 75.2 Å². The molecule has 0 atom stereocenters. The number of carbonyl (C=O) groups is 1. The molecule has 2 N–H and O–H groups in total. The van der Waals surface area contributed by atoms with Crippen LogP contribution < -0.4 is 4.74 Å². The predicted octanol–water partition coefficient (Wildman–Crippen LogP) is 2.40. The van der Waals surface area contributed by atoms with Gasteiger partial charge in [-0.1, -0.05) is 0 Å². The number of carboxylic acid groups (broad SMARTS) is 1. The summed E-state index contributed by atoms with van der Waals surface area (Å²) >= 11 is 0. The highest BCUT2D eigenvalue weighted by atomic mass is 16.5. The van der Waals surface area contributed by atoms with Crippen molar-refractivity contribution in [3.63, 3.8) is 0 Å². The fourth-order valence-electron chi connectivity index (χ4n) is 1.81. The molecule has 0 saturated carbocycles. The number of aromatic carboxylic acids is 1. The number of aryl methyl sites for hydroxylation is 2. The highest BCUT2D eigenvalue weighted by Crippen LogP contribution is 2.33. The molecule has 94 valence electrons. The first-order valence-electron chi connectivity index (χ1n) is 5.47. The molecule has 0 unspecified atom stereocenters. The lowest BCUT2D eigenvalue weighted by atomic mass is 10.0. The Balaban J connectivity index is 2.66. The van der Waals surface area contributed by atoms with Gasteiger partial charge in [-0.15, -0.1) is 0 Å². The van der Waals surface area contributed by atoms with Crippen molar-refractivity contribution in [2.75, 3.05) is 7.11 Å². The second-order valence-corrected chi connectivity index (χ2v) is 4.10. The monoisotopic (exact) mass is 246 g/mol. The van der Waals surface area contributed by atoms with Gasteiger partial charge in [0.2, 0.25) is 0 Å². The molecule has 0 spiro atoms. The van der Waals surface area contributed by atoms with Crippen LogP contribution in [0.4, 0.5) is 0 Å². The average molecular weight is 246 g/mol. The molecule has 2 rings (SSSR count). The Morgan fingerprint density at radius 3 is 2.61 bits per heavy atom. The number of nitrogens with zero attached hydrogens (tertiary/aromatic N) is 1. The first kappa shape index (κ1) is 12.2. The molecule has 1 heterocycles. The molecule has 5 nitrogen and oxygen atoms in total. The largest absolute Gasteiger partial charge is 0.496 e. The van der Waals surface area contributed by atoms with Crippen molar-refractivity contribution in [1.82, 2.24) is 10.2 Å². The van der Waals surface area contributed by atoms with Gasteiger partial charge in [0.05, 0.1) is 19.0 Å². The van der Waals surface area contributed by atoms with Crippen LogP contribution in [0.3, 0.4) is 0 Å². The quantitative estimate of drug-likeness (QED) is 0.872. The second kappa shape index (κ2) is 4.52. The molecule has 0 aliphatic rings. The van der Waals surface area contributed by atoms with E-state index < -0.39 is 5.97 Å². The van der Waals surface area contributed by atoms with E-state index in [0.717, 1.165) is 11.1 Å². The van der Waals surface area contributed by atoms with Gasteiger partial charge in [0, 0.05) is 5.56 Å². The molecule has 2 aromatic rings. The maximum absolute atomic E-state index is 11.1. The van der Waals surface area contributed by atoms with Crippen molar-refractivity contribution in [2.45, 2.75) is 13.8 Å². The summed E-state index contributed by atoms with van der Waals surface area (Å²) in [4.78, 5) is 11.1. The molecule has 1 aromatic carbocycles. The third-order valence-electron chi connectivity index (χ3n) is 2.95. The number of hydrogen-bond acceptors (Lipinski definition) is 3. The molecule has 5 heteroatoms. The predicted molar refractivity (Wildman–Crippen MR) is 67.0 cm³/mol. The normalized spacial score (nSPS) is 10.4. The maximum Gasteiger partial charge on any atom is 0.339 e. The summed E-state index contributed by atoms with van der Waals surface area (Å²) < 4.78 is 5.30. The smallest absolute Gasteiger partial charge is 0.339 e. The van der Waals surface area contributed by atoms with Crippen LogP contribution >= 0.6 is 0 Å². The summed E-state index contributed by atoms with van der Waals surface area (Å²) in [6, 6.07) is 3.78. The number of ether oxygens (including phenoxy) is 1. The number of hydrogen-bond donors (Lipinski definition) is 2. The molecule has 0 radical (unpaired) electrons. The molecule has 0 aliphatic carbocycles. The van der Waals surface area contributed by atoms with Gasteiger partial charge in [-0.3, -0.25) is 5.10 Å². The van der Waals surface area contributed by atoms with Crippen LogP contribution in [-0.2, 0) is 0 Å². The lowest BCUT2D eigenvalue weighted by molar-refractivity contribution is 0.0698. The Morgan fingerprint density at radius 1 is 1.33 bits per heavy atom. The van der Waals surface area contributed by atoms with Crippen molar-refractivity contribution in [3.8, 4) is 17.0 Å². The van der Waals surface area contributed by atoms with Gasteiger partial charge in [-0.05, 0) is 37.1 Å². The van der Waals surface area contributed by atoms with Gasteiger partial charge in [0.25, 0.3) is 0 Å². The van der Waals surface area contributed by atoms with Crippen molar-refractivity contribution >= 4 is 5.97 Å². The number of aromatic nitrogens is 2. The number of methoxy groups -OCH3 is 1. The van der Waals surface area contributed by atoms with Crippen molar-refractivity contribution < 1.29 is 14.6 Å². The number of H-pyrrole nitrogens is 1. The van der Waals surface area contributed by atoms with Crippen molar-refractivity contribution in [3.05, 3.63) is 35.0 Å². The van der Waals surface area contributed by atoms with Gasteiger partial charge in [0.1, 0.15) is 11.3 Å². The van der Waals surface area contributed by atoms with Crippen LogP contribution in [-0.4, -0.2) is 28.4 Å². The van der Waals surface area contributed by atoms with E-state index in [1.807, 2.05) is 26.0 Å². The molecule has 1 aromatic heterocycles. The Morgan fingerprint density at radius 2 is 2.00 bits per heavy atom. The molecule has 18 heavy (non-hydrogen) atoms. The minimum atomic E-state index is -1.01. The number of carboxylic acids is 1. The van der Waals surface area contributed by atoms with Crippen LogP contribution in [0, 0.1) is 13.8 Å².